The fourth-order valence-electron chi connectivity index (χ4n) is 0.349. The molecule has 9 heavy (non-hydrogen) atoms. The molecular formula is C5H12S4. The zero-order valence-electron chi connectivity index (χ0n) is 5.25. The summed E-state index contributed by atoms with van der Waals surface area (Å²) in [7, 11) is 0. The van der Waals surface area contributed by atoms with Crippen LogP contribution in [0.4, 0.5) is 0 Å². The molecule has 0 N–H and O–H groups in total. The summed E-state index contributed by atoms with van der Waals surface area (Å²) >= 11 is 12.0. The van der Waals surface area contributed by atoms with Crippen molar-refractivity contribution in [1.82, 2.24) is 0 Å². The molecule has 0 atom stereocenters. The lowest BCUT2D eigenvalue weighted by atomic mass is 10.9. The number of thiol groups is 2. The zero-order valence-corrected chi connectivity index (χ0v) is 8.67. The molecule has 0 aliphatic rings. The van der Waals surface area contributed by atoms with Gasteiger partial charge in [-0.2, -0.15) is 48.8 Å². The minimum Gasteiger partial charge on any atom is -0.179 e. The van der Waals surface area contributed by atoms with Gasteiger partial charge in [-0.05, 0) is 5.75 Å². The molecule has 0 aliphatic carbocycles. The quantitative estimate of drug-likeness (QED) is 0.383. The lowest BCUT2D eigenvalue weighted by molar-refractivity contribution is 1.50. The molecule has 0 aromatic rings. The maximum atomic E-state index is 4.10. The van der Waals surface area contributed by atoms with Gasteiger partial charge in [0.25, 0.3) is 0 Å². The molecule has 0 saturated heterocycles. The third-order valence-electron chi connectivity index (χ3n) is 0.699. The molecule has 0 aromatic carbocycles. The van der Waals surface area contributed by atoms with Gasteiger partial charge in [0.2, 0.25) is 0 Å². The number of hydrogen-bond acceptors (Lipinski definition) is 4. The Labute approximate surface area is 76.8 Å². The van der Waals surface area contributed by atoms with Gasteiger partial charge in [-0.1, -0.05) is 0 Å². The molecule has 0 nitrogen and oxygen atoms in total. The highest BCUT2D eigenvalue weighted by Gasteiger charge is 1.86. The monoisotopic (exact) mass is 200 g/mol. The molecule has 4 heteroatoms. The second kappa shape index (κ2) is 9.40. The van der Waals surface area contributed by atoms with Crippen LogP contribution in [0.15, 0.2) is 0 Å². The largest absolute Gasteiger partial charge is 0.179 e. The lowest BCUT2D eigenvalue weighted by Crippen LogP contribution is -1.86. The van der Waals surface area contributed by atoms with Gasteiger partial charge in [0.05, 0.1) is 0 Å². The van der Waals surface area contributed by atoms with Crippen molar-refractivity contribution in [2.75, 3.05) is 28.1 Å². The molecule has 0 unspecified atom stereocenters. The molecule has 0 aliphatic heterocycles. The highest BCUT2D eigenvalue weighted by Crippen LogP contribution is 2.07. The van der Waals surface area contributed by atoms with Crippen LogP contribution in [0.3, 0.4) is 0 Å². The van der Waals surface area contributed by atoms with E-state index >= 15 is 0 Å². The summed E-state index contributed by atoms with van der Waals surface area (Å²) in [5, 5.41) is 0.946. The van der Waals surface area contributed by atoms with Gasteiger partial charge in [-0.3, -0.25) is 0 Å². The number of thioether (sulfide) groups is 2. The average molecular weight is 200 g/mol. The summed E-state index contributed by atoms with van der Waals surface area (Å²) < 4.78 is 0. The predicted molar refractivity (Wildman–Crippen MR) is 57.5 cm³/mol. The third kappa shape index (κ3) is 9.40. The smallest absolute Gasteiger partial charge is 0.0362 e. The first-order valence-corrected chi connectivity index (χ1v) is 6.36. The maximum Gasteiger partial charge on any atom is 0.0362 e. The summed E-state index contributed by atoms with van der Waals surface area (Å²) in [5.41, 5.74) is 0. The van der Waals surface area contributed by atoms with Gasteiger partial charge >= 0.3 is 0 Å². The summed E-state index contributed by atoms with van der Waals surface area (Å²) in [6, 6.07) is 0. The number of rotatable bonds is 6. The van der Waals surface area contributed by atoms with E-state index in [-0.39, 0.29) is 0 Å². The van der Waals surface area contributed by atoms with E-state index in [9.17, 15) is 0 Å². The van der Waals surface area contributed by atoms with E-state index in [0.29, 0.717) is 0 Å². The average Bonchev–Trinajstić information content (AvgIpc) is 1.89. The summed E-state index contributed by atoms with van der Waals surface area (Å²) in [6.07, 6.45) is 0. The van der Waals surface area contributed by atoms with Crippen LogP contribution < -0.4 is 0 Å². The highest BCUT2D eigenvalue weighted by atomic mass is 32.2. The Hall–Kier alpha value is 1.40. The van der Waals surface area contributed by atoms with Crippen LogP contribution >= 0.6 is 48.8 Å². The minimum absolute atomic E-state index is 0.946. The van der Waals surface area contributed by atoms with Gasteiger partial charge < -0.3 is 0 Å². The van der Waals surface area contributed by atoms with Crippen molar-refractivity contribution in [3.63, 3.8) is 0 Å². The second-order valence-electron chi connectivity index (χ2n) is 1.37. The van der Waals surface area contributed by atoms with Gasteiger partial charge in [0.15, 0.2) is 0 Å². The van der Waals surface area contributed by atoms with E-state index in [4.69, 9.17) is 0 Å². The Morgan fingerprint density at radius 2 is 1.56 bits per heavy atom. The van der Waals surface area contributed by atoms with E-state index in [1.807, 2.05) is 23.5 Å². The lowest BCUT2D eigenvalue weighted by Gasteiger charge is -1.95. The fraction of sp³-hybridized carbons (Fsp3) is 1.00. The van der Waals surface area contributed by atoms with Gasteiger partial charge in [0, 0.05) is 22.3 Å². The molecule has 0 bridgehead atoms. The topological polar surface area (TPSA) is 0 Å². The molecular weight excluding hydrogens is 188 g/mol. The molecule has 0 rings (SSSR count). The maximum absolute atomic E-state index is 4.10. The third-order valence-corrected chi connectivity index (χ3v) is 3.69. The molecule has 0 radical (unpaired) electrons. The van der Waals surface area contributed by atoms with E-state index in [1.165, 1.54) is 17.3 Å². The molecule has 0 heterocycles. The zero-order chi connectivity index (χ0) is 6.95. The van der Waals surface area contributed by atoms with Gasteiger partial charge in [-0.25, -0.2) is 0 Å². The van der Waals surface area contributed by atoms with Crippen molar-refractivity contribution in [2.24, 2.45) is 0 Å². The second-order valence-corrected chi connectivity index (χ2v) is 4.89. The predicted octanol–water partition coefficient (Wildman–Crippen LogP) is 2.27. The van der Waals surface area contributed by atoms with Crippen molar-refractivity contribution >= 4 is 48.8 Å². The fourth-order valence-corrected chi connectivity index (χ4v) is 2.53. The van der Waals surface area contributed by atoms with Crippen LogP contribution in [0.5, 0.6) is 0 Å². The Balaban J connectivity index is 2.60. The summed E-state index contributed by atoms with van der Waals surface area (Å²) in [4.78, 5) is 0. The molecule has 0 amide bonds. The van der Waals surface area contributed by atoms with Crippen molar-refractivity contribution in [3.8, 4) is 0 Å². The van der Waals surface area contributed by atoms with Crippen molar-refractivity contribution in [2.45, 2.75) is 0 Å². The minimum atomic E-state index is 0.946. The summed E-state index contributed by atoms with van der Waals surface area (Å²) in [5.74, 6) is 4.64. The molecule has 0 aromatic heterocycles. The Bertz CT molecular complexity index is 42.2. The highest BCUT2D eigenvalue weighted by molar-refractivity contribution is 8.10. The first-order chi connectivity index (χ1) is 4.41. The van der Waals surface area contributed by atoms with E-state index in [2.05, 4.69) is 25.3 Å². The van der Waals surface area contributed by atoms with Crippen molar-refractivity contribution < 1.29 is 0 Å². The van der Waals surface area contributed by atoms with Gasteiger partial charge in [0.1, 0.15) is 0 Å². The van der Waals surface area contributed by atoms with Crippen LogP contribution in [-0.4, -0.2) is 28.1 Å². The first kappa shape index (κ1) is 10.4. The van der Waals surface area contributed by atoms with Crippen LogP contribution in [0.25, 0.3) is 0 Å². The van der Waals surface area contributed by atoms with E-state index in [0.717, 1.165) is 10.8 Å². The van der Waals surface area contributed by atoms with E-state index < -0.39 is 0 Å². The van der Waals surface area contributed by atoms with Crippen LogP contribution in [-0.2, 0) is 0 Å². The molecule has 0 saturated carbocycles. The summed E-state index contributed by atoms with van der Waals surface area (Å²) in [6.45, 7) is 0. The van der Waals surface area contributed by atoms with Crippen LogP contribution in [0, 0.1) is 0 Å². The standard InChI is InChI=1S/C5H12S4/c6-1-2-8-3-4-9-5-7/h6-7H,1-5H2. The van der Waals surface area contributed by atoms with Crippen LogP contribution in [0.1, 0.15) is 0 Å². The van der Waals surface area contributed by atoms with Crippen molar-refractivity contribution in [1.29, 1.82) is 0 Å². The molecule has 56 valence electrons. The van der Waals surface area contributed by atoms with Gasteiger partial charge in [-0.15, -0.1) is 0 Å². The first-order valence-electron chi connectivity index (χ1n) is 2.79. The number of hydrogen-bond donors (Lipinski definition) is 2. The molecule has 0 spiro atoms. The SMILES string of the molecule is SCCSCCSCS. The Kier molecular flexibility index (Phi) is 10.9. The Morgan fingerprint density at radius 1 is 0.889 bits per heavy atom. The Morgan fingerprint density at radius 3 is 2.11 bits per heavy atom. The molecule has 0 fully saturated rings. The normalized spacial score (nSPS) is 10.0. The van der Waals surface area contributed by atoms with E-state index in [1.54, 1.807) is 0 Å². The van der Waals surface area contributed by atoms with Crippen LogP contribution in [0.2, 0.25) is 0 Å². The van der Waals surface area contributed by atoms with Crippen molar-refractivity contribution in [3.05, 3.63) is 0 Å².